The highest BCUT2D eigenvalue weighted by atomic mass is 14.4. The van der Waals surface area contributed by atoms with Crippen molar-refractivity contribution < 1.29 is 0 Å². The molecule has 0 aliphatic heterocycles. The van der Waals surface area contributed by atoms with E-state index in [0.29, 0.717) is 0 Å². The lowest BCUT2D eigenvalue weighted by molar-refractivity contribution is 0.0392. The molecule has 0 heteroatoms. The second-order valence-electron chi connectivity index (χ2n) is 4.62. The normalized spacial score (nSPS) is 22.2. The van der Waals surface area contributed by atoms with Crippen molar-refractivity contribution in [1.82, 2.24) is 0 Å². The lowest BCUT2D eigenvalue weighted by Gasteiger charge is -2.47. The lowest BCUT2D eigenvalue weighted by Crippen LogP contribution is -2.35. The van der Waals surface area contributed by atoms with Gasteiger partial charge in [-0.3, -0.25) is 0 Å². The topological polar surface area (TPSA) is 0 Å². The first-order valence-electron chi connectivity index (χ1n) is 5.76. The Balaban J connectivity index is 2.16. The minimum atomic E-state index is 0.776. The molecular weight excluding hydrogens is 144 g/mol. The summed E-state index contributed by atoms with van der Waals surface area (Å²) in [5.74, 6) is 1.09. The smallest absolute Gasteiger partial charge is 0.0297 e. The fourth-order valence-corrected chi connectivity index (χ4v) is 2.69. The van der Waals surface area contributed by atoms with Crippen LogP contribution in [0.15, 0.2) is 0 Å². The van der Waals surface area contributed by atoms with E-state index in [-0.39, 0.29) is 0 Å². The molecule has 12 heavy (non-hydrogen) atoms. The van der Waals surface area contributed by atoms with Crippen molar-refractivity contribution in [3.63, 3.8) is 0 Å². The van der Waals surface area contributed by atoms with Crippen LogP contribution in [0.25, 0.3) is 0 Å². The molecule has 1 aliphatic rings. The van der Waals surface area contributed by atoms with Gasteiger partial charge in [-0.2, -0.15) is 0 Å². The van der Waals surface area contributed by atoms with Crippen LogP contribution in [0.5, 0.6) is 0 Å². The van der Waals surface area contributed by atoms with Gasteiger partial charge in [0.1, 0.15) is 0 Å². The highest BCUT2D eigenvalue weighted by molar-refractivity contribution is 4.91. The van der Waals surface area contributed by atoms with Crippen molar-refractivity contribution in [2.45, 2.75) is 65.7 Å². The molecule has 0 aromatic carbocycles. The van der Waals surface area contributed by atoms with Gasteiger partial charge >= 0.3 is 0 Å². The van der Waals surface area contributed by atoms with Crippen molar-refractivity contribution >= 4 is 0 Å². The lowest BCUT2D eigenvalue weighted by atomic mass is 9.58. The van der Waals surface area contributed by atoms with Gasteiger partial charge in [0.2, 0.25) is 0 Å². The molecule has 1 aliphatic carbocycles. The van der Waals surface area contributed by atoms with E-state index in [4.69, 9.17) is 0 Å². The van der Waals surface area contributed by atoms with Gasteiger partial charge in [-0.25, -0.2) is 0 Å². The van der Waals surface area contributed by atoms with Crippen LogP contribution in [0, 0.1) is 11.3 Å². The zero-order chi connectivity index (χ0) is 9.03. The SMILES string of the molecule is CCCCC1CC(CC)(CC)C1. The molecule has 0 heterocycles. The van der Waals surface area contributed by atoms with Crippen LogP contribution in [-0.2, 0) is 0 Å². The first kappa shape index (κ1) is 10.1. The summed E-state index contributed by atoms with van der Waals surface area (Å²) in [6, 6.07) is 0. The van der Waals surface area contributed by atoms with Crippen molar-refractivity contribution in [1.29, 1.82) is 0 Å². The Morgan fingerprint density at radius 3 is 2.08 bits per heavy atom. The van der Waals surface area contributed by atoms with E-state index < -0.39 is 0 Å². The molecule has 72 valence electrons. The fourth-order valence-electron chi connectivity index (χ4n) is 2.69. The molecule has 0 N–H and O–H groups in total. The zero-order valence-corrected chi connectivity index (χ0v) is 9.03. The summed E-state index contributed by atoms with van der Waals surface area (Å²) in [6.45, 7) is 7.02. The van der Waals surface area contributed by atoms with Crippen LogP contribution in [0.3, 0.4) is 0 Å². The van der Waals surface area contributed by atoms with Gasteiger partial charge in [-0.15, -0.1) is 0 Å². The van der Waals surface area contributed by atoms with Crippen LogP contribution in [0.4, 0.5) is 0 Å². The number of unbranched alkanes of at least 4 members (excludes halogenated alkanes) is 1. The third-order valence-electron chi connectivity index (χ3n) is 3.91. The van der Waals surface area contributed by atoms with Crippen molar-refractivity contribution in [2.75, 3.05) is 0 Å². The maximum Gasteiger partial charge on any atom is -0.0297 e. The van der Waals surface area contributed by atoms with E-state index >= 15 is 0 Å². The Hall–Kier alpha value is 0. The molecule has 0 spiro atoms. The molecular formula is C12H24. The van der Waals surface area contributed by atoms with E-state index in [0.717, 1.165) is 11.3 Å². The Bertz CT molecular complexity index is 114. The van der Waals surface area contributed by atoms with Crippen molar-refractivity contribution in [2.24, 2.45) is 11.3 Å². The number of hydrogen-bond donors (Lipinski definition) is 0. The monoisotopic (exact) mass is 168 g/mol. The van der Waals surface area contributed by atoms with E-state index in [2.05, 4.69) is 20.8 Å². The maximum atomic E-state index is 2.36. The summed E-state index contributed by atoms with van der Waals surface area (Å²) in [4.78, 5) is 0. The third kappa shape index (κ3) is 2.02. The summed E-state index contributed by atoms with van der Waals surface area (Å²) in [5, 5.41) is 0. The summed E-state index contributed by atoms with van der Waals surface area (Å²) in [5.41, 5.74) is 0.776. The average Bonchev–Trinajstić information content (AvgIpc) is 2.04. The highest BCUT2D eigenvalue weighted by Crippen LogP contribution is 2.52. The minimum Gasteiger partial charge on any atom is -0.0654 e. The second kappa shape index (κ2) is 4.30. The van der Waals surface area contributed by atoms with Gasteiger partial charge in [-0.05, 0) is 24.2 Å². The van der Waals surface area contributed by atoms with Gasteiger partial charge in [0.25, 0.3) is 0 Å². The summed E-state index contributed by atoms with van der Waals surface area (Å²) < 4.78 is 0. The van der Waals surface area contributed by atoms with Crippen molar-refractivity contribution in [3.8, 4) is 0 Å². The molecule has 0 saturated heterocycles. The first-order chi connectivity index (χ1) is 5.76. The standard InChI is InChI=1S/C12H24/c1-4-7-8-11-9-12(5-2,6-3)10-11/h11H,4-10H2,1-3H3. The quantitative estimate of drug-likeness (QED) is 0.571. The van der Waals surface area contributed by atoms with Crippen molar-refractivity contribution in [3.05, 3.63) is 0 Å². The largest absolute Gasteiger partial charge is 0.0654 e. The van der Waals surface area contributed by atoms with E-state index in [1.54, 1.807) is 0 Å². The van der Waals surface area contributed by atoms with Gasteiger partial charge in [-0.1, -0.05) is 52.9 Å². The summed E-state index contributed by atoms with van der Waals surface area (Å²) in [7, 11) is 0. The molecule has 0 nitrogen and oxygen atoms in total. The molecule has 0 aromatic rings. The Morgan fingerprint density at radius 2 is 1.67 bits per heavy atom. The Labute approximate surface area is 77.7 Å². The zero-order valence-electron chi connectivity index (χ0n) is 9.03. The third-order valence-corrected chi connectivity index (χ3v) is 3.91. The van der Waals surface area contributed by atoms with Gasteiger partial charge in [0, 0.05) is 0 Å². The molecule has 1 rings (SSSR count). The molecule has 1 fully saturated rings. The van der Waals surface area contributed by atoms with E-state index in [1.165, 1.54) is 44.9 Å². The molecule has 1 saturated carbocycles. The van der Waals surface area contributed by atoms with Crippen LogP contribution < -0.4 is 0 Å². The highest BCUT2D eigenvalue weighted by Gasteiger charge is 2.40. The molecule has 0 atom stereocenters. The maximum absolute atomic E-state index is 2.36. The molecule has 0 aromatic heterocycles. The number of hydrogen-bond acceptors (Lipinski definition) is 0. The molecule has 0 radical (unpaired) electrons. The summed E-state index contributed by atoms with van der Waals surface area (Å²) >= 11 is 0. The molecule has 0 amide bonds. The fraction of sp³-hybridized carbons (Fsp3) is 1.00. The molecule has 0 unspecified atom stereocenters. The van der Waals surface area contributed by atoms with Crippen LogP contribution in [-0.4, -0.2) is 0 Å². The Morgan fingerprint density at radius 1 is 1.08 bits per heavy atom. The van der Waals surface area contributed by atoms with Gasteiger partial charge in [0.05, 0.1) is 0 Å². The van der Waals surface area contributed by atoms with Crippen LogP contribution in [0.2, 0.25) is 0 Å². The van der Waals surface area contributed by atoms with Crippen LogP contribution in [0.1, 0.15) is 65.7 Å². The molecule has 0 bridgehead atoms. The van der Waals surface area contributed by atoms with E-state index in [1.807, 2.05) is 0 Å². The second-order valence-corrected chi connectivity index (χ2v) is 4.62. The van der Waals surface area contributed by atoms with Gasteiger partial charge < -0.3 is 0 Å². The van der Waals surface area contributed by atoms with Gasteiger partial charge in [0.15, 0.2) is 0 Å². The number of rotatable bonds is 5. The van der Waals surface area contributed by atoms with Crippen LogP contribution >= 0.6 is 0 Å². The predicted molar refractivity (Wildman–Crippen MR) is 55.3 cm³/mol. The average molecular weight is 168 g/mol. The first-order valence-corrected chi connectivity index (χ1v) is 5.76. The minimum absolute atomic E-state index is 0.776. The van der Waals surface area contributed by atoms with E-state index in [9.17, 15) is 0 Å². The summed E-state index contributed by atoms with van der Waals surface area (Å²) in [6.07, 6.45) is 10.2. The predicted octanol–water partition coefficient (Wildman–Crippen LogP) is 4.39. The Kier molecular flexibility index (Phi) is 3.61.